The number of ether oxygens (including phenoxy) is 2. The van der Waals surface area contributed by atoms with Gasteiger partial charge in [-0.3, -0.25) is 4.79 Å². The van der Waals surface area contributed by atoms with Crippen molar-refractivity contribution in [1.82, 2.24) is 9.62 Å². The fraction of sp³-hybridized carbons (Fsp3) is 0.381. The molecule has 29 heavy (non-hydrogen) atoms. The van der Waals surface area contributed by atoms with Crippen LogP contribution in [0.15, 0.2) is 47.4 Å². The molecule has 0 aromatic heterocycles. The molecule has 8 heteroatoms. The third-order valence-electron chi connectivity index (χ3n) is 5.33. The van der Waals surface area contributed by atoms with Gasteiger partial charge in [0.25, 0.3) is 5.91 Å². The van der Waals surface area contributed by atoms with E-state index in [4.69, 9.17) is 9.47 Å². The predicted molar refractivity (Wildman–Crippen MR) is 108 cm³/mol. The summed E-state index contributed by atoms with van der Waals surface area (Å²) < 4.78 is 38.2. The van der Waals surface area contributed by atoms with E-state index < -0.39 is 10.0 Å². The second-order valence-corrected chi connectivity index (χ2v) is 9.13. The highest BCUT2D eigenvalue weighted by Crippen LogP contribution is 2.32. The SMILES string of the molecule is Cc1ccc(S(=O)(=O)N2CCOCC2)cc1C(=O)NC1CCOc2ccccc21. The van der Waals surface area contributed by atoms with Gasteiger partial charge in [-0.25, -0.2) is 8.42 Å². The van der Waals surface area contributed by atoms with E-state index in [1.807, 2.05) is 24.3 Å². The normalized spacial score (nSPS) is 19.8. The quantitative estimate of drug-likeness (QED) is 0.827. The number of nitrogens with zero attached hydrogens (tertiary/aromatic N) is 1. The summed E-state index contributed by atoms with van der Waals surface area (Å²) in [7, 11) is -3.66. The number of fused-ring (bicyclic) bond motifs is 1. The van der Waals surface area contributed by atoms with Gasteiger partial charge < -0.3 is 14.8 Å². The summed E-state index contributed by atoms with van der Waals surface area (Å²) in [5, 5.41) is 3.04. The van der Waals surface area contributed by atoms with E-state index >= 15 is 0 Å². The fourth-order valence-electron chi connectivity index (χ4n) is 3.67. The van der Waals surface area contributed by atoms with E-state index in [1.165, 1.54) is 10.4 Å². The molecule has 1 atom stereocenters. The van der Waals surface area contributed by atoms with E-state index in [-0.39, 0.29) is 16.8 Å². The third kappa shape index (κ3) is 4.01. The molecule has 2 aliphatic heterocycles. The number of carbonyl (C=O) groups is 1. The van der Waals surface area contributed by atoms with Crippen molar-refractivity contribution in [2.75, 3.05) is 32.9 Å². The van der Waals surface area contributed by atoms with E-state index in [1.54, 1.807) is 19.1 Å². The summed E-state index contributed by atoms with van der Waals surface area (Å²) in [5.41, 5.74) is 2.02. The number of carbonyl (C=O) groups excluding carboxylic acids is 1. The first kappa shape index (κ1) is 19.9. The van der Waals surface area contributed by atoms with Crippen molar-refractivity contribution in [3.8, 4) is 5.75 Å². The maximum absolute atomic E-state index is 13.0. The Kier molecular flexibility index (Phi) is 5.58. The molecule has 1 fully saturated rings. The molecule has 1 unspecified atom stereocenters. The van der Waals surface area contributed by atoms with Gasteiger partial charge in [-0.05, 0) is 30.7 Å². The van der Waals surface area contributed by atoms with Gasteiger partial charge in [0, 0.05) is 30.6 Å². The van der Waals surface area contributed by atoms with Crippen LogP contribution in [0.5, 0.6) is 5.75 Å². The molecule has 154 valence electrons. The molecule has 1 saturated heterocycles. The molecule has 2 aromatic carbocycles. The Bertz CT molecular complexity index is 1020. The molecule has 2 heterocycles. The van der Waals surface area contributed by atoms with Crippen LogP contribution in [0.3, 0.4) is 0 Å². The number of aryl methyl sites for hydroxylation is 1. The van der Waals surface area contributed by atoms with Crippen LogP contribution in [0.25, 0.3) is 0 Å². The molecule has 7 nitrogen and oxygen atoms in total. The highest BCUT2D eigenvalue weighted by atomic mass is 32.2. The third-order valence-corrected chi connectivity index (χ3v) is 7.22. The topological polar surface area (TPSA) is 84.9 Å². The molecule has 1 amide bonds. The molecule has 0 bridgehead atoms. The van der Waals surface area contributed by atoms with Gasteiger partial charge in [-0.1, -0.05) is 24.3 Å². The van der Waals surface area contributed by atoms with E-state index in [9.17, 15) is 13.2 Å². The smallest absolute Gasteiger partial charge is 0.252 e. The maximum Gasteiger partial charge on any atom is 0.252 e. The minimum atomic E-state index is -3.66. The molecule has 0 aliphatic carbocycles. The van der Waals surface area contributed by atoms with Gasteiger partial charge in [0.15, 0.2) is 0 Å². The molecule has 0 radical (unpaired) electrons. The van der Waals surface area contributed by atoms with Gasteiger partial charge in [0.1, 0.15) is 5.75 Å². The number of amides is 1. The predicted octanol–water partition coefficient (Wildman–Crippen LogP) is 2.27. The zero-order chi connectivity index (χ0) is 20.4. The van der Waals surface area contributed by atoms with Crippen molar-refractivity contribution in [2.24, 2.45) is 0 Å². The van der Waals surface area contributed by atoms with Crippen molar-refractivity contribution in [1.29, 1.82) is 0 Å². The van der Waals surface area contributed by atoms with Crippen LogP contribution < -0.4 is 10.1 Å². The van der Waals surface area contributed by atoms with Crippen molar-refractivity contribution in [3.05, 3.63) is 59.2 Å². The minimum absolute atomic E-state index is 0.127. The summed E-state index contributed by atoms with van der Waals surface area (Å²) in [4.78, 5) is 13.1. The average molecular weight is 416 g/mol. The average Bonchev–Trinajstić information content (AvgIpc) is 2.75. The lowest BCUT2D eigenvalue weighted by atomic mass is 9.99. The monoisotopic (exact) mass is 416 g/mol. The van der Waals surface area contributed by atoms with Gasteiger partial charge >= 0.3 is 0 Å². The molecule has 1 N–H and O–H groups in total. The van der Waals surface area contributed by atoms with Crippen LogP contribution >= 0.6 is 0 Å². The Hall–Kier alpha value is -2.42. The number of hydrogen-bond acceptors (Lipinski definition) is 5. The second-order valence-electron chi connectivity index (χ2n) is 7.19. The number of rotatable bonds is 4. The summed E-state index contributed by atoms with van der Waals surface area (Å²) >= 11 is 0. The lowest BCUT2D eigenvalue weighted by molar-refractivity contribution is 0.0730. The lowest BCUT2D eigenvalue weighted by Gasteiger charge is -2.27. The lowest BCUT2D eigenvalue weighted by Crippen LogP contribution is -2.40. The van der Waals surface area contributed by atoms with Crippen LogP contribution in [0.1, 0.15) is 33.9 Å². The maximum atomic E-state index is 13.0. The number of morpholine rings is 1. The largest absolute Gasteiger partial charge is 0.493 e. The first-order valence-corrected chi connectivity index (χ1v) is 11.1. The van der Waals surface area contributed by atoms with Crippen LogP contribution in [-0.4, -0.2) is 51.5 Å². The van der Waals surface area contributed by atoms with Crippen LogP contribution in [0.4, 0.5) is 0 Å². The number of benzene rings is 2. The standard InChI is InChI=1S/C21H24N2O5S/c1-15-6-7-16(29(25,26)23-9-12-27-13-10-23)14-18(15)21(24)22-19-8-11-28-20-5-3-2-4-17(19)20/h2-7,14,19H,8-13H2,1H3,(H,22,24). The summed E-state index contributed by atoms with van der Waals surface area (Å²) in [6, 6.07) is 12.2. The Morgan fingerprint density at radius 3 is 2.66 bits per heavy atom. The minimum Gasteiger partial charge on any atom is -0.493 e. The summed E-state index contributed by atoms with van der Waals surface area (Å²) in [6.07, 6.45) is 0.660. The van der Waals surface area contributed by atoms with E-state index in [0.717, 1.165) is 16.9 Å². The Morgan fingerprint density at radius 1 is 1.10 bits per heavy atom. The molecule has 2 aliphatic rings. The number of nitrogens with one attached hydrogen (secondary N) is 1. The van der Waals surface area contributed by atoms with E-state index in [0.29, 0.717) is 44.9 Å². The zero-order valence-electron chi connectivity index (χ0n) is 16.3. The first-order chi connectivity index (χ1) is 14.0. The van der Waals surface area contributed by atoms with Gasteiger partial charge in [0.05, 0.1) is 30.8 Å². The highest BCUT2D eigenvalue weighted by Gasteiger charge is 2.28. The van der Waals surface area contributed by atoms with Crippen LogP contribution in [-0.2, 0) is 14.8 Å². The number of sulfonamides is 1. The summed E-state index contributed by atoms with van der Waals surface area (Å²) in [5.74, 6) is 0.479. The highest BCUT2D eigenvalue weighted by molar-refractivity contribution is 7.89. The van der Waals surface area contributed by atoms with Crippen LogP contribution in [0.2, 0.25) is 0 Å². The number of para-hydroxylation sites is 1. The molecule has 2 aromatic rings. The van der Waals surface area contributed by atoms with E-state index in [2.05, 4.69) is 5.32 Å². The van der Waals surface area contributed by atoms with Gasteiger partial charge in [-0.2, -0.15) is 4.31 Å². The van der Waals surface area contributed by atoms with Gasteiger partial charge in [-0.15, -0.1) is 0 Å². The second kappa shape index (κ2) is 8.14. The molecule has 0 spiro atoms. The molecule has 0 saturated carbocycles. The Morgan fingerprint density at radius 2 is 1.86 bits per heavy atom. The zero-order valence-corrected chi connectivity index (χ0v) is 17.1. The Labute approximate surface area is 170 Å². The molecule has 4 rings (SSSR count). The first-order valence-electron chi connectivity index (χ1n) is 9.68. The van der Waals surface area contributed by atoms with Crippen molar-refractivity contribution >= 4 is 15.9 Å². The van der Waals surface area contributed by atoms with Crippen molar-refractivity contribution in [2.45, 2.75) is 24.3 Å². The number of hydrogen-bond donors (Lipinski definition) is 1. The van der Waals surface area contributed by atoms with Crippen molar-refractivity contribution in [3.63, 3.8) is 0 Å². The molecular weight excluding hydrogens is 392 g/mol. The van der Waals surface area contributed by atoms with Gasteiger partial charge in [0.2, 0.25) is 10.0 Å². The summed E-state index contributed by atoms with van der Waals surface area (Å²) in [6.45, 7) is 3.71. The fourth-order valence-corrected chi connectivity index (χ4v) is 5.10. The Balaban J connectivity index is 1.59. The van der Waals surface area contributed by atoms with Crippen LogP contribution in [0, 0.1) is 6.92 Å². The molecular formula is C21H24N2O5S. The van der Waals surface area contributed by atoms with Crippen molar-refractivity contribution < 1.29 is 22.7 Å².